The Morgan fingerprint density at radius 2 is 1.96 bits per heavy atom. The first-order valence-corrected chi connectivity index (χ1v) is 10.3. The molecule has 1 atom stereocenters. The SMILES string of the molecule is O=C(O)c1ccc2nc(-c3ccccc3)c(C3NCCS45OC34O5)nc2c1. The maximum atomic E-state index is 11.3. The lowest BCUT2D eigenvalue weighted by Crippen LogP contribution is -2.34. The van der Waals surface area contributed by atoms with E-state index in [-0.39, 0.29) is 11.6 Å². The van der Waals surface area contributed by atoms with Gasteiger partial charge in [0, 0.05) is 12.1 Å². The van der Waals surface area contributed by atoms with Crippen molar-refractivity contribution in [3.8, 4) is 11.3 Å². The first-order chi connectivity index (χ1) is 13.1. The van der Waals surface area contributed by atoms with Crippen LogP contribution < -0.4 is 5.32 Å². The van der Waals surface area contributed by atoms with E-state index < -0.39 is 21.7 Å². The zero-order valence-electron chi connectivity index (χ0n) is 14.1. The van der Waals surface area contributed by atoms with Gasteiger partial charge in [-0.25, -0.2) is 23.1 Å². The highest BCUT2D eigenvalue weighted by atomic mass is 32.3. The van der Waals surface area contributed by atoms with Crippen LogP contribution in [0.5, 0.6) is 0 Å². The molecule has 3 aliphatic heterocycles. The minimum atomic E-state index is -1.37. The number of nitrogens with one attached hydrogen (secondary N) is 1. The molecule has 0 aliphatic carbocycles. The van der Waals surface area contributed by atoms with E-state index in [9.17, 15) is 9.90 Å². The molecule has 0 radical (unpaired) electrons. The summed E-state index contributed by atoms with van der Waals surface area (Å²) in [6, 6.07) is 14.5. The summed E-state index contributed by atoms with van der Waals surface area (Å²) >= 11 is 0. The lowest BCUT2D eigenvalue weighted by molar-refractivity contribution is 0.0451. The van der Waals surface area contributed by atoms with Crippen molar-refractivity contribution in [1.29, 1.82) is 0 Å². The molecule has 3 fully saturated rings. The third-order valence-corrected chi connectivity index (χ3v) is 7.96. The zero-order valence-corrected chi connectivity index (χ0v) is 14.9. The molecule has 3 aromatic rings. The van der Waals surface area contributed by atoms with E-state index in [1.54, 1.807) is 18.2 Å². The lowest BCUT2D eigenvalue weighted by Gasteiger charge is -2.20. The van der Waals surface area contributed by atoms with Crippen LogP contribution in [0.3, 0.4) is 0 Å². The van der Waals surface area contributed by atoms with Crippen molar-refractivity contribution in [2.45, 2.75) is 11.2 Å². The Bertz CT molecular complexity index is 1110. The van der Waals surface area contributed by atoms with Crippen molar-refractivity contribution < 1.29 is 18.3 Å². The zero-order chi connectivity index (χ0) is 18.2. The minimum absolute atomic E-state index is 0.190. The molecule has 3 saturated heterocycles. The molecule has 3 aliphatic rings. The predicted octanol–water partition coefficient (Wildman–Crippen LogP) is 2.99. The van der Waals surface area contributed by atoms with Gasteiger partial charge in [-0.1, -0.05) is 30.3 Å². The van der Waals surface area contributed by atoms with Crippen molar-refractivity contribution >= 4 is 27.6 Å². The van der Waals surface area contributed by atoms with Gasteiger partial charge in [-0.15, -0.1) is 10.6 Å². The second-order valence-corrected chi connectivity index (χ2v) is 9.35. The molecule has 27 heavy (non-hydrogen) atoms. The molecular formula is C19H15N3O4S. The molecule has 2 N–H and O–H groups in total. The van der Waals surface area contributed by atoms with Crippen LogP contribution in [0.2, 0.25) is 0 Å². The van der Waals surface area contributed by atoms with Gasteiger partial charge >= 0.3 is 11.1 Å². The van der Waals surface area contributed by atoms with E-state index in [0.717, 1.165) is 29.2 Å². The predicted molar refractivity (Wildman–Crippen MR) is 100 cm³/mol. The molecule has 0 amide bonds. The number of hydrogen-bond acceptors (Lipinski definition) is 6. The van der Waals surface area contributed by atoms with E-state index >= 15 is 0 Å². The number of benzene rings is 2. The highest BCUT2D eigenvalue weighted by Gasteiger charge is 2.90. The Balaban J connectivity index is 1.57. The van der Waals surface area contributed by atoms with Crippen LogP contribution in [-0.4, -0.2) is 38.5 Å². The Kier molecular flexibility index (Phi) is 2.90. The number of aromatic nitrogens is 2. The first-order valence-electron chi connectivity index (χ1n) is 8.67. The number of nitrogens with zero attached hydrogens (tertiary/aromatic N) is 2. The van der Waals surface area contributed by atoms with Gasteiger partial charge in [0.1, 0.15) is 6.04 Å². The Hall–Kier alpha value is -2.52. The molecule has 136 valence electrons. The number of fused-ring (bicyclic) bond motifs is 1. The van der Waals surface area contributed by atoms with E-state index in [0.29, 0.717) is 11.0 Å². The fourth-order valence-electron chi connectivity index (χ4n) is 3.79. The van der Waals surface area contributed by atoms with Crippen LogP contribution >= 0.6 is 10.6 Å². The van der Waals surface area contributed by atoms with E-state index in [1.165, 1.54) is 0 Å². The summed E-state index contributed by atoms with van der Waals surface area (Å²) in [6.45, 7) is 0.796. The average Bonchev–Trinajstić information content (AvgIpc) is 3.54. The Morgan fingerprint density at radius 3 is 2.74 bits per heavy atom. The maximum Gasteiger partial charge on any atom is 0.335 e. The second-order valence-electron chi connectivity index (χ2n) is 6.81. The van der Waals surface area contributed by atoms with Gasteiger partial charge in [-0.2, -0.15) is 0 Å². The van der Waals surface area contributed by atoms with Crippen molar-refractivity contribution in [3.05, 3.63) is 59.8 Å². The topological polar surface area (TPSA) is 100 Å². The van der Waals surface area contributed by atoms with Crippen molar-refractivity contribution in [1.82, 2.24) is 15.3 Å². The molecule has 0 saturated carbocycles. The summed E-state index contributed by atoms with van der Waals surface area (Å²) in [4.78, 5) is 21.0. The summed E-state index contributed by atoms with van der Waals surface area (Å²) in [7, 11) is -1.37. The molecule has 1 aromatic heterocycles. The molecule has 4 heterocycles. The minimum Gasteiger partial charge on any atom is -0.478 e. The molecular weight excluding hydrogens is 366 g/mol. The van der Waals surface area contributed by atoms with Gasteiger partial charge in [0.25, 0.3) is 0 Å². The van der Waals surface area contributed by atoms with E-state index in [4.69, 9.17) is 18.3 Å². The molecule has 6 rings (SSSR count). The Labute approximate surface area is 156 Å². The molecule has 0 spiro atoms. The van der Waals surface area contributed by atoms with Crippen molar-refractivity contribution in [3.63, 3.8) is 0 Å². The lowest BCUT2D eigenvalue weighted by atomic mass is 10.0. The third-order valence-electron chi connectivity index (χ3n) is 5.21. The number of hydrogen-bond donors (Lipinski definition) is 2. The summed E-state index contributed by atoms with van der Waals surface area (Å²) in [6.07, 6.45) is 0. The van der Waals surface area contributed by atoms with Gasteiger partial charge in [0.2, 0.25) is 0 Å². The van der Waals surface area contributed by atoms with Crippen molar-refractivity contribution in [2.24, 2.45) is 0 Å². The van der Waals surface area contributed by atoms with E-state index in [1.807, 2.05) is 30.3 Å². The quantitative estimate of drug-likeness (QED) is 0.673. The number of carboxylic acid groups (broad SMARTS) is 1. The highest BCUT2D eigenvalue weighted by molar-refractivity contribution is 8.37. The summed E-state index contributed by atoms with van der Waals surface area (Å²) < 4.78 is 11.8. The van der Waals surface area contributed by atoms with Crippen LogP contribution in [0.1, 0.15) is 22.1 Å². The highest BCUT2D eigenvalue weighted by Crippen LogP contribution is 3.00. The molecule has 0 bridgehead atoms. The Morgan fingerprint density at radius 1 is 1.15 bits per heavy atom. The molecule has 8 heteroatoms. The first kappa shape index (κ1) is 15.5. The molecule has 7 nitrogen and oxygen atoms in total. The van der Waals surface area contributed by atoms with Crippen LogP contribution in [0.4, 0.5) is 0 Å². The van der Waals surface area contributed by atoms with Gasteiger partial charge in [-0.3, -0.25) is 0 Å². The second kappa shape index (κ2) is 5.05. The van der Waals surface area contributed by atoms with Gasteiger partial charge < -0.3 is 10.4 Å². The molecule has 1 unspecified atom stereocenters. The number of aromatic carboxylic acids is 1. The number of carbonyl (C=O) groups is 1. The third kappa shape index (κ3) is 2.06. The van der Waals surface area contributed by atoms with Crippen LogP contribution in [0, 0.1) is 0 Å². The average molecular weight is 381 g/mol. The smallest absolute Gasteiger partial charge is 0.335 e. The van der Waals surface area contributed by atoms with Crippen molar-refractivity contribution in [2.75, 3.05) is 12.3 Å². The maximum absolute atomic E-state index is 11.3. The van der Waals surface area contributed by atoms with Gasteiger partial charge in [0.15, 0.2) is 0 Å². The summed E-state index contributed by atoms with van der Waals surface area (Å²) in [5.41, 5.74) is 3.85. The summed E-state index contributed by atoms with van der Waals surface area (Å²) in [5.74, 6) is -0.0878. The monoisotopic (exact) mass is 381 g/mol. The van der Waals surface area contributed by atoms with Crippen LogP contribution in [-0.2, 0) is 8.37 Å². The normalized spacial score (nSPS) is 32.8. The van der Waals surface area contributed by atoms with Crippen LogP contribution in [0.15, 0.2) is 48.5 Å². The van der Waals surface area contributed by atoms with Gasteiger partial charge in [0.05, 0.1) is 33.7 Å². The van der Waals surface area contributed by atoms with Gasteiger partial charge in [-0.05, 0) is 18.2 Å². The number of carboxylic acids is 1. The fourth-order valence-corrected chi connectivity index (χ4v) is 6.52. The van der Waals surface area contributed by atoms with Crippen LogP contribution in [0.25, 0.3) is 22.3 Å². The largest absolute Gasteiger partial charge is 0.478 e. The number of rotatable bonds is 3. The summed E-state index contributed by atoms with van der Waals surface area (Å²) in [5, 5.41) is 12.2. The standard InChI is InChI=1S/C19H15N3O4S/c23-18(24)12-6-7-13-14(10-12)22-16(15(21-13)11-4-2-1-3-5-11)17-19-25-27(19,26-19)9-8-20-17/h1-7,10,17,20H,8-9H2,(H,23,24). The van der Waals surface area contributed by atoms with E-state index in [2.05, 4.69) is 5.32 Å². The molecule has 2 aromatic carbocycles. The fraction of sp³-hybridized carbons (Fsp3) is 0.211.